The van der Waals surface area contributed by atoms with Gasteiger partial charge < -0.3 is 23.7 Å². The third kappa shape index (κ3) is 15.7. The van der Waals surface area contributed by atoms with Crippen molar-refractivity contribution in [3.05, 3.63) is 50.6 Å². The Bertz CT molecular complexity index is 767. The lowest BCUT2D eigenvalue weighted by Gasteiger charge is -2.40. The Morgan fingerprint density at radius 3 is 0.897 bits per heavy atom. The van der Waals surface area contributed by atoms with Crippen molar-refractivity contribution in [1.82, 2.24) is 0 Å². The highest BCUT2D eigenvalue weighted by atomic mass is 16.6. The first-order valence-electron chi connectivity index (χ1n) is 12.7. The number of hydrogen-bond acceptors (Lipinski definition) is 9. The molecule has 0 spiro atoms. The third-order valence-electron chi connectivity index (χ3n) is 5.38. The number of carbonyl (C=O) groups is 4. The van der Waals surface area contributed by atoms with Gasteiger partial charge in [0, 0.05) is 24.3 Å². The van der Waals surface area contributed by atoms with Crippen LogP contribution < -0.4 is 0 Å². The molecule has 9 heteroatoms. The van der Waals surface area contributed by atoms with Gasteiger partial charge in [-0.1, -0.05) is 67.9 Å². The summed E-state index contributed by atoms with van der Waals surface area (Å²) in [5, 5.41) is 0. The molecule has 0 N–H and O–H groups in total. The maximum absolute atomic E-state index is 11.9. The molecule has 0 saturated heterocycles. The van der Waals surface area contributed by atoms with Crippen LogP contribution in [0.3, 0.4) is 0 Å². The van der Waals surface area contributed by atoms with Crippen molar-refractivity contribution >= 4 is 23.9 Å². The van der Waals surface area contributed by atoms with Gasteiger partial charge in [0.05, 0.1) is 24.0 Å². The van der Waals surface area contributed by atoms with Gasteiger partial charge in [0.25, 0.3) is 0 Å². The quantitative estimate of drug-likeness (QED) is 0.135. The SMILES string of the molecule is C=CC(=O)OCC(COCC(COC(=O)C=C)(COC(=O)C=C)CC(C)(C)C)(COC(=O)C=C)CC(C)(C)C. The first-order valence-corrected chi connectivity index (χ1v) is 12.7. The summed E-state index contributed by atoms with van der Waals surface area (Å²) in [7, 11) is 0. The molecule has 0 saturated carbocycles. The van der Waals surface area contributed by atoms with Gasteiger partial charge in [-0.25, -0.2) is 19.2 Å². The molecule has 0 aliphatic heterocycles. The number of ether oxygens (including phenoxy) is 5. The molecule has 0 unspecified atom stereocenters. The lowest BCUT2D eigenvalue weighted by molar-refractivity contribution is -0.161. The van der Waals surface area contributed by atoms with Crippen LogP contribution in [0.4, 0.5) is 0 Å². The van der Waals surface area contributed by atoms with E-state index in [1.807, 2.05) is 41.5 Å². The van der Waals surface area contributed by atoms with E-state index < -0.39 is 34.7 Å². The van der Waals surface area contributed by atoms with Crippen LogP contribution in [0, 0.1) is 21.7 Å². The van der Waals surface area contributed by atoms with E-state index in [0.717, 1.165) is 24.3 Å². The fourth-order valence-corrected chi connectivity index (χ4v) is 4.42. The molecule has 0 fully saturated rings. The molecule has 0 aromatic carbocycles. The summed E-state index contributed by atoms with van der Waals surface area (Å²) in [6, 6.07) is 0. The van der Waals surface area contributed by atoms with E-state index in [9.17, 15) is 19.2 Å². The van der Waals surface area contributed by atoms with Crippen molar-refractivity contribution in [1.29, 1.82) is 0 Å². The van der Waals surface area contributed by atoms with Crippen LogP contribution in [0.25, 0.3) is 0 Å². The monoisotopic (exact) mass is 550 g/mol. The smallest absolute Gasteiger partial charge is 0.330 e. The Balaban J connectivity index is 6.29. The lowest BCUT2D eigenvalue weighted by atomic mass is 9.74. The van der Waals surface area contributed by atoms with Crippen molar-refractivity contribution in [2.24, 2.45) is 21.7 Å². The summed E-state index contributed by atoms with van der Waals surface area (Å²) >= 11 is 0. The van der Waals surface area contributed by atoms with Gasteiger partial charge >= 0.3 is 23.9 Å². The molecule has 0 aromatic rings. The Hall–Kier alpha value is -3.20. The first-order chi connectivity index (χ1) is 17.9. The average molecular weight is 551 g/mol. The van der Waals surface area contributed by atoms with E-state index in [4.69, 9.17) is 23.7 Å². The van der Waals surface area contributed by atoms with Gasteiger partial charge in [0.2, 0.25) is 0 Å². The molecule has 0 aliphatic rings. The van der Waals surface area contributed by atoms with Gasteiger partial charge in [0.15, 0.2) is 0 Å². The number of carbonyl (C=O) groups excluding carboxylic acids is 4. The standard InChI is InChI=1S/C30H46O9/c1-11-23(31)36-19-29(15-27(5,6)7,20-37-24(32)12-2)17-35-18-30(16-28(8,9)10,21-38-25(33)13-3)22-39-26(34)14-4/h11-14H,1-4,15-22H2,5-10H3. The van der Waals surface area contributed by atoms with Crippen molar-refractivity contribution in [2.45, 2.75) is 54.4 Å². The maximum Gasteiger partial charge on any atom is 0.330 e. The fraction of sp³-hybridized carbons (Fsp3) is 0.600. The van der Waals surface area contributed by atoms with Gasteiger partial charge in [-0.15, -0.1) is 0 Å². The van der Waals surface area contributed by atoms with Crippen LogP contribution >= 0.6 is 0 Å². The highest BCUT2D eigenvalue weighted by molar-refractivity contribution is 5.82. The van der Waals surface area contributed by atoms with Crippen molar-refractivity contribution in [3.8, 4) is 0 Å². The van der Waals surface area contributed by atoms with Crippen LogP contribution in [0.1, 0.15) is 54.4 Å². The van der Waals surface area contributed by atoms with Gasteiger partial charge in [0.1, 0.15) is 26.4 Å². The molecule has 0 atom stereocenters. The number of esters is 4. The summed E-state index contributed by atoms with van der Waals surface area (Å²) in [5.74, 6) is -2.51. The molecule has 220 valence electrons. The minimum atomic E-state index is -0.932. The van der Waals surface area contributed by atoms with E-state index in [-0.39, 0.29) is 50.5 Å². The van der Waals surface area contributed by atoms with Crippen LogP contribution in [-0.2, 0) is 42.9 Å². The van der Waals surface area contributed by atoms with Crippen LogP contribution in [0.15, 0.2) is 50.6 Å². The summed E-state index contributed by atoms with van der Waals surface area (Å²) in [5.41, 5.74) is -2.41. The van der Waals surface area contributed by atoms with Gasteiger partial charge in [-0.05, 0) is 23.7 Å². The largest absolute Gasteiger partial charge is 0.462 e. The zero-order valence-corrected chi connectivity index (χ0v) is 24.5. The zero-order valence-electron chi connectivity index (χ0n) is 24.5. The van der Waals surface area contributed by atoms with E-state index >= 15 is 0 Å². The zero-order chi connectivity index (χ0) is 30.3. The highest BCUT2D eigenvalue weighted by Gasteiger charge is 2.42. The second-order valence-corrected chi connectivity index (χ2v) is 12.2. The van der Waals surface area contributed by atoms with Gasteiger partial charge in [-0.2, -0.15) is 0 Å². The summed E-state index contributed by atoms with van der Waals surface area (Å²) in [6.07, 6.45) is 5.11. The van der Waals surface area contributed by atoms with Crippen LogP contribution in [0.2, 0.25) is 0 Å². The molecule has 39 heavy (non-hydrogen) atoms. The van der Waals surface area contributed by atoms with E-state index in [0.29, 0.717) is 12.8 Å². The number of rotatable bonds is 18. The highest BCUT2D eigenvalue weighted by Crippen LogP contribution is 2.38. The molecule has 0 radical (unpaired) electrons. The second kappa shape index (κ2) is 16.0. The van der Waals surface area contributed by atoms with Crippen LogP contribution in [-0.4, -0.2) is 63.5 Å². The molecule has 0 heterocycles. The first kappa shape index (κ1) is 35.8. The Kier molecular flexibility index (Phi) is 14.7. The van der Waals surface area contributed by atoms with Gasteiger partial charge in [-0.3, -0.25) is 0 Å². The minimum absolute atomic E-state index is 0.00974. The average Bonchev–Trinajstić information content (AvgIpc) is 2.85. The third-order valence-corrected chi connectivity index (χ3v) is 5.38. The molecule has 0 aliphatic carbocycles. The minimum Gasteiger partial charge on any atom is -0.462 e. The van der Waals surface area contributed by atoms with E-state index in [1.165, 1.54) is 0 Å². The van der Waals surface area contributed by atoms with Crippen molar-refractivity contribution in [3.63, 3.8) is 0 Å². The molecule has 9 nitrogen and oxygen atoms in total. The molecular formula is C30H46O9. The molecular weight excluding hydrogens is 504 g/mol. The molecule has 0 aromatic heterocycles. The normalized spacial score (nSPS) is 12.1. The Morgan fingerprint density at radius 1 is 0.487 bits per heavy atom. The lowest BCUT2D eigenvalue weighted by Crippen LogP contribution is -2.45. The molecule has 0 rings (SSSR count). The Morgan fingerprint density at radius 2 is 0.718 bits per heavy atom. The predicted octanol–water partition coefficient (Wildman–Crippen LogP) is 4.77. The van der Waals surface area contributed by atoms with Crippen molar-refractivity contribution in [2.75, 3.05) is 39.6 Å². The van der Waals surface area contributed by atoms with E-state index in [1.54, 1.807) is 0 Å². The summed E-state index contributed by atoms with van der Waals surface area (Å²) < 4.78 is 27.9. The van der Waals surface area contributed by atoms with Crippen molar-refractivity contribution < 1.29 is 42.9 Å². The summed E-state index contributed by atoms with van der Waals surface area (Å²) in [4.78, 5) is 47.8. The molecule has 0 amide bonds. The Labute approximate surface area is 233 Å². The maximum atomic E-state index is 11.9. The fourth-order valence-electron chi connectivity index (χ4n) is 4.42. The number of hydrogen-bond donors (Lipinski definition) is 0. The second-order valence-electron chi connectivity index (χ2n) is 12.2. The summed E-state index contributed by atoms with van der Waals surface area (Å²) in [6.45, 7) is 25.3. The molecule has 0 bridgehead atoms. The van der Waals surface area contributed by atoms with E-state index in [2.05, 4.69) is 26.3 Å². The predicted molar refractivity (Wildman–Crippen MR) is 148 cm³/mol. The topological polar surface area (TPSA) is 114 Å². The van der Waals surface area contributed by atoms with Crippen LogP contribution in [0.5, 0.6) is 0 Å².